The number of primary amides is 1. The second kappa shape index (κ2) is 3.05. The number of hydrogen-bond acceptors (Lipinski definition) is 2. The minimum atomic E-state index is -0.237. The molecular weight excluding hydrogens is 152 g/mol. The highest BCUT2D eigenvalue weighted by atomic mass is 16.1. The Morgan fingerprint density at radius 3 is 2.42 bits per heavy atom. The molecule has 2 saturated carbocycles. The number of hydrogen-bond donors (Lipinski definition) is 2. The van der Waals surface area contributed by atoms with Gasteiger partial charge < -0.3 is 11.1 Å². The summed E-state index contributed by atoms with van der Waals surface area (Å²) >= 11 is 0. The number of nitrogens with one attached hydrogen (secondary N) is 1. The van der Waals surface area contributed by atoms with Crippen LogP contribution in [0, 0.1) is 11.8 Å². The number of fused-ring (bicyclic) bond motifs is 1. The minimum Gasteiger partial charge on any atom is -0.369 e. The van der Waals surface area contributed by atoms with Gasteiger partial charge in [0.1, 0.15) is 0 Å². The van der Waals surface area contributed by atoms with Crippen molar-refractivity contribution in [3.8, 4) is 0 Å². The summed E-state index contributed by atoms with van der Waals surface area (Å²) in [6.45, 7) is 0.359. The Bertz CT molecular complexity index is 181. The van der Waals surface area contributed by atoms with Crippen molar-refractivity contribution < 1.29 is 4.79 Å². The van der Waals surface area contributed by atoms with E-state index in [4.69, 9.17) is 5.73 Å². The van der Waals surface area contributed by atoms with Crippen LogP contribution in [-0.4, -0.2) is 18.5 Å². The topological polar surface area (TPSA) is 55.1 Å². The van der Waals surface area contributed by atoms with E-state index in [9.17, 15) is 4.79 Å². The van der Waals surface area contributed by atoms with Crippen molar-refractivity contribution >= 4 is 5.91 Å². The molecule has 0 heterocycles. The van der Waals surface area contributed by atoms with Gasteiger partial charge in [-0.1, -0.05) is 12.8 Å². The third kappa shape index (κ3) is 1.46. The van der Waals surface area contributed by atoms with Crippen molar-refractivity contribution in [2.75, 3.05) is 6.54 Å². The molecule has 12 heavy (non-hydrogen) atoms. The number of amides is 1. The zero-order valence-corrected chi connectivity index (χ0v) is 7.25. The molecule has 0 bridgehead atoms. The summed E-state index contributed by atoms with van der Waals surface area (Å²) in [5.74, 6) is 1.48. The quantitative estimate of drug-likeness (QED) is 0.634. The molecule has 3 N–H and O–H groups in total. The van der Waals surface area contributed by atoms with E-state index in [1.807, 2.05) is 0 Å². The van der Waals surface area contributed by atoms with Gasteiger partial charge in [-0.05, 0) is 24.7 Å². The Hall–Kier alpha value is -0.570. The molecule has 2 fully saturated rings. The van der Waals surface area contributed by atoms with E-state index in [-0.39, 0.29) is 5.91 Å². The first kappa shape index (κ1) is 8.05. The van der Waals surface area contributed by atoms with Gasteiger partial charge in [0.15, 0.2) is 0 Å². The Balaban J connectivity index is 1.74. The summed E-state index contributed by atoms with van der Waals surface area (Å²) in [6, 6.07) is 0.611. The van der Waals surface area contributed by atoms with Crippen LogP contribution in [0.5, 0.6) is 0 Å². The summed E-state index contributed by atoms with van der Waals surface area (Å²) in [6.07, 6.45) is 5.44. The van der Waals surface area contributed by atoms with Gasteiger partial charge in [0.2, 0.25) is 5.91 Å². The van der Waals surface area contributed by atoms with Crippen LogP contribution in [0.15, 0.2) is 0 Å². The molecule has 0 aromatic carbocycles. The number of rotatable bonds is 3. The molecule has 2 aliphatic rings. The SMILES string of the molecule is NC(=O)CNC1C2CCCCC21. The van der Waals surface area contributed by atoms with Crippen molar-refractivity contribution in [2.24, 2.45) is 17.6 Å². The van der Waals surface area contributed by atoms with Crippen molar-refractivity contribution in [1.29, 1.82) is 0 Å². The van der Waals surface area contributed by atoms with Crippen LogP contribution in [0.25, 0.3) is 0 Å². The number of carbonyl (C=O) groups is 1. The monoisotopic (exact) mass is 168 g/mol. The van der Waals surface area contributed by atoms with Crippen LogP contribution in [-0.2, 0) is 4.79 Å². The number of carbonyl (C=O) groups excluding carboxylic acids is 1. The fraction of sp³-hybridized carbons (Fsp3) is 0.889. The maximum absolute atomic E-state index is 10.5. The zero-order valence-electron chi connectivity index (χ0n) is 7.25. The van der Waals surface area contributed by atoms with Gasteiger partial charge in [-0.15, -0.1) is 0 Å². The Morgan fingerprint density at radius 2 is 1.92 bits per heavy atom. The second-order valence-corrected chi connectivity index (χ2v) is 3.99. The lowest BCUT2D eigenvalue weighted by atomic mass is 10.0. The van der Waals surface area contributed by atoms with Crippen LogP contribution in [0.3, 0.4) is 0 Å². The zero-order chi connectivity index (χ0) is 8.55. The maximum atomic E-state index is 10.5. The molecule has 0 spiro atoms. The molecule has 2 atom stereocenters. The van der Waals surface area contributed by atoms with Crippen LogP contribution >= 0.6 is 0 Å². The average Bonchev–Trinajstić information content (AvgIpc) is 2.74. The Kier molecular flexibility index (Phi) is 2.05. The molecular formula is C9H16N2O. The van der Waals surface area contributed by atoms with E-state index in [1.54, 1.807) is 0 Å². The van der Waals surface area contributed by atoms with Gasteiger partial charge >= 0.3 is 0 Å². The third-order valence-corrected chi connectivity index (χ3v) is 3.17. The maximum Gasteiger partial charge on any atom is 0.231 e. The molecule has 0 radical (unpaired) electrons. The Labute approximate surface area is 72.7 Å². The molecule has 0 saturated heterocycles. The van der Waals surface area contributed by atoms with Gasteiger partial charge in [0.25, 0.3) is 0 Å². The van der Waals surface area contributed by atoms with Gasteiger partial charge in [0.05, 0.1) is 6.54 Å². The molecule has 3 heteroatoms. The van der Waals surface area contributed by atoms with Gasteiger partial charge in [-0.25, -0.2) is 0 Å². The van der Waals surface area contributed by atoms with E-state index in [0.717, 1.165) is 11.8 Å². The predicted molar refractivity (Wildman–Crippen MR) is 46.4 cm³/mol. The van der Waals surface area contributed by atoms with E-state index in [1.165, 1.54) is 25.7 Å². The van der Waals surface area contributed by atoms with Crippen LogP contribution in [0.2, 0.25) is 0 Å². The summed E-state index contributed by atoms with van der Waals surface area (Å²) < 4.78 is 0. The first-order valence-corrected chi connectivity index (χ1v) is 4.81. The Morgan fingerprint density at radius 1 is 1.33 bits per heavy atom. The van der Waals surface area contributed by atoms with E-state index in [2.05, 4.69) is 5.32 Å². The van der Waals surface area contributed by atoms with Gasteiger partial charge in [-0.2, -0.15) is 0 Å². The highest BCUT2D eigenvalue weighted by Crippen LogP contribution is 2.49. The lowest BCUT2D eigenvalue weighted by Gasteiger charge is -2.04. The summed E-state index contributed by atoms with van der Waals surface area (Å²) in [5.41, 5.74) is 5.06. The lowest BCUT2D eigenvalue weighted by Crippen LogP contribution is -2.31. The molecule has 2 unspecified atom stereocenters. The van der Waals surface area contributed by atoms with Crippen molar-refractivity contribution in [3.05, 3.63) is 0 Å². The molecule has 0 aromatic heterocycles. The molecule has 0 aliphatic heterocycles. The third-order valence-electron chi connectivity index (χ3n) is 3.17. The first-order chi connectivity index (χ1) is 5.79. The highest BCUT2D eigenvalue weighted by molar-refractivity contribution is 5.75. The standard InChI is InChI=1S/C9H16N2O/c10-8(12)5-11-9-6-3-1-2-4-7(6)9/h6-7,9,11H,1-5H2,(H2,10,12). The summed E-state index contributed by atoms with van der Waals surface area (Å²) in [4.78, 5) is 10.5. The molecule has 2 aliphatic carbocycles. The van der Waals surface area contributed by atoms with Crippen molar-refractivity contribution in [3.63, 3.8) is 0 Å². The molecule has 0 aromatic rings. The van der Waals surface area contributed by atoms with Gasteiger partial charge in [-0.3, -0.25) is 4.79 Å². The molecule has 68 valence electrons. The average molecular weight is 168 g/mol. The fourth-order valence-electron chi connectivity index (χ4n) is 2.51. The second-order valence-electron chi connectivity index (χ2n) is 3.99. The van der Waals surface area contributed by atoms with Crippen LogP contribution in [0.1, 0.15) is 25.7 Å². The highest BCUT2D eigenvalue weighted by Gasteiger charge is 2.50. The van der Waals surface area contributed by atoms with Crippen molar-refractivity contribution in [2.45, 2.75) is 31.7 Å². The van der Waals surface area contributed by atoms with Crippen LogP contribution < -0.4 is 11.1 Å². The smallest absolute Gasteiger partial charge is 0.231 e. The van der Waals surface area contributed by atoms with Crippen LogP contribution in [0.4, 0.5) is 0 Å². The minimum absolute atomic E-state index is 0.237. The molecule has 2 rings (SSSR count). The number of nitrogens with two attached hydrogens (primary N) is 1. The van der Waals surface area contributed by atoms with E-state index in [0.29, 0.717) is 12.6 Å². The first-order valence-electron chi connectivity index (χ1n) is 4.81. The van der Waals surface area contributed by atoms with E-state index < -0.39 is 0 Å². The fourth-order valence-corrected chi connectivity index (χ4v) is 2.51. The molecule has 3 nitrogen and oxygen atoms in total. The predicted octanol–water partition coefficient (Wildman–Crippen LogP) is 0.250. The van der Waals surface area contributed by atoms with E-state index >= 15 is 0 Å². The normalized spacial score (nSPS) is 38.8. The lowest BCUT2D eigenvalue weighted by molar-refractivity contribution is -0.117. The van der Waals surface area contributed by atoms with Gasteiger partial charge in [0, 0.05) is 6.04 Å². The summed E-state index contributed by atoms with van der Waals surface area (Å²) in [5, 5.41) is 3.22. The summed E-state index contributed by atoms with van der Waals surface area (Å²) in [7, 11) is 0. The van der Waals surface area contributed by atoms with Crippen molar-refractivity contribution in [1.82, 2.24) is 5.32 Å². The molecule has 1 amide bonds. The largest absolute Gasteiger partial charge is 0.369 e.